The van der Waals surface area contributed by atoms with Crippen molar-refractivity contribution in [3.05, 3.63) is 0 Å². The number of piperidine rings is 1. The average molecular weight is 185 g/mol. The van der Waals surface area contributed by atoms with Crippen LogP contribution in [0.2, 0.25) is 0 Å². The minimum Gasteiger partial charge on any atom is -0.369 e. The first-order valence-electron chi connectivity index (χ1n) is 4.79. The van der Waals surface area contributed by atoms with Crippen LogP contribution in [0.25, 0.3) is 0 Å². The lowest BCUT2D eigenvalue weighted by Gasteiger charge is -2.28. The molecule has 0 aromatic heterocycles. The maximum Gasteiger partial charge on any atom is 0.202 e. The summed E-state index contributed by atoms with van der Waals surface area (Å²) >= 11 is 0. The normalized spacial score (nSPS) is 18.5. The highest BCUT2D eigenvalue weighted by atomic mass is 15.5. The molecule has 13 heavy (non-hydrogen) atoms. The SMILES string of the molecule is N=C(N)N(N)CCN1CCCCC1. The van der Waals surface area contributed by atoms with Gasteiger partial charge in [-0.05, 0) is 25.9 Å². The van der Waals surface area contributed by atoms with Crippen molar-refractivity contribution in [2.45, 2.75) is 19.3 Å². The van der Waals surface area contributed by atoms with Crippen LogP contribution >= 0.6 is 0 Å². The maximum atomic E-state index is 7.08. The van der Waals surface area contributed by atoms with E-state index < -0.39 is 0 Å². The molecule has 1 fully saturated rings. The van der Waals surface area contributed by atoms with Gasteiger partial charge in [0.25, 0.3) is 0 Å². The van der Waals surface area contributed by atoms with Gasteiger partial charge in [-0.3, -0.25) is 10.4 Å². The fourth-order valence-electron chi connectivity index (χ4n) is 1.55. The number of hydrazine groups is 1. The molecular formula is C8H19N5. The lowest BCUT2D eigenvalue weighted by molar-refractivity contribution is 0.210. The summed E-state index contributed by atoms with van der Waals surface area (Å²) in [5.74, 6) is 5.43. The molecule has 1 heterocycles. The molecule has 0 saturated carbocycles. The van der Waals surface area contributed by atoms with Gasteiger partial charge >= 0.3 is 0 Å². The van der Waals surface area contributed by atoms with Crippen LogP contribution in [-0.2, 0) is 0 Å². The predicted molar refractivity (Wildman–Crippen MR) is 53.1 cm³/mol. The summed E-state index contributed by atoms with van der Waals surface area (Å²) in [5.41, 5.74) is 5.22. The number of hydrogen-bond acceptors (Lipinski definition) is 3. The van der Waals surface area contributed by atoms with Crippen molar-refractivity contribution in [3.8, 4) is 0 Å². The van der Waals surface area contributed by atoms with Gasteiger partial charge in [-0.2, -0.15) is 0 Å². The molecular weight excluding hydrogens is 166 g/mol. The monoisotopic (exact) mass is 185 g/mol. The number of nitrogens with one attached hydrogen (secondary N) is 1. The van der Waals surface area contributed by atoms with Crippen LogP contribution in [-0.4, -0.2) is 42.0 Å². The first-order valence-corrected chi connectivity index (χ1v) is 4.79. The molecule has 5 heteroatoms. The van der Waals surface area contributed by atoms with Crippen LogP contribution in [0.4, 0.5) is 0 Å². The van der Waals surface area contributed by atoms with Crippen LogP contribution in [0.15, 0.2) is 0 Å². The van der Waals surface area contributed by atoms with Crippen LogP contribution in [0.1, 0.15) is 19.3 Å². The van der Waals surface area contributed by atoms with E-state index >= 15 is 0 Å². The van der Waals surface area contributed by atoms with Crippen molar-refractivity contribution in [2.24, 2.45) is 11.6 Å². The highest BCUT2D eigenvalue weighted by Gasteiger charge is 2.10. The summed E-state index contributed by atoms with van der Waals surface area (Å²) in [6.45, 7) is 3.88. The Morgan fingerprint density at radius 2 is 1.92 bits per heavy atom. The first kappa shape index (κ1) is 10.3. The fourth-order valence-corrected chi connectivity index (χ4v) is 1.55. The largest absolute Gasteiger partial charge is 0.369 e. The molecule has 1 aliphatic rings. The van der Waals surface area contributed by atoms with Crippen molar-refractivity contribution >= 4 is 5.96 Å². The summed E-state index contributed by atoms with van der Waals surface area (Å²) in [5, 5.41) is 8.36. The van der Waals surface area contributed by atoms with E-state index in [4.69, 9.17) is 17.0 Å². The third-order valence-corrected chi connectivity index (χ3v) is 2.42. The molecule has 5 nitrogen and oxygen atoms in total. The second-order valence-electron chi connectivity index (χ2n) is 3.48. The van der Waals surface area contributed by atoms with Crippen LogP contribution in [0.5, 0.6) is 0 Å². The van der Waals surface area contributed by atoms with E-state index in [2.05, 4.69) is 4.90 Å². The molecule has 76 valence electrons. The van der Waals surface area contributed by atoms with Gasteiger partial charge < -0.3 is 10.6 Å². The van der Waals surface area contributed by atoms with Gasteiger partial charge in [0, 0.05) is 13.1 Å². The Bertz CT molecular complexity index is 164. The number of nitrogens with two attached hydrogens (primary N) is 2. The van der Waals surface area contributed by atoms with Crippen molar-refractivity contribution in [1.29, 1.82) is 5.41 Å². The topological polar surface area (TPSA) is 82.4 Å². The minimum atomic E-state index is -0.0583. The van der Waals surface area contributed by atoms with Crippen molar-refractivity contribution in [2.75, 3.05) is 26.2 Å². The number of nitrogens with zero attached hydrogens (tertiary/aromatic N) is 2. The van der Waals surface area contributed by atoms with Crippen LogP contribution in [0, 0.1) is 5.41 Å². The third-order valence-electron chi connectivity index (χ3n) is 2.42. The zero-order valence-corrected chi connectivity index (χ0v) is 8.00. The highest BCUT2D eigenvalue weighted by molar-refractivity contribution is 5.73. The Kier molecular flexibility index (Phi) is 3.98. The van der Waals surface area contributed by atoms with Gasteiger partial charge in [0.1, 0.15) is 0 Å². The van der Waals surface area contributed by atoms with Gasteiger partial charge in [-0.15, -0.1) is 0 Å². The second-order valence-corrected chi connectivity index (χ2v) is 3.48. The van der Waals surface area contributed by atoms with Gasteiger partial charge in [-0.25, -0.2) is 5.84 Å². The highest BCUT2D eigenvalue weighted by Crippen LogP contribution is 2.07. The molecule has 0 aromatic carbocycles. The Morgan fingerprint density at radius 1 is 1.31 bits per heavy atom. The molecule has 0 radical (unpaired) electrons. The van der Waals surface area contributed by atoms with E-state index in [1.807, 2.05) is 0 Å². The smallest absolute Gasteiger partial charge is 0.202 e. The molecule has 0 amide bonds. The summed E-state index contributed by atoms with van der Waals surface area (Å²) in [6.07, 6.45) is 3.91. The fraction of sp³-hybridized carbons (Fsp3) is 0.875. The molecule has 1 saturated heterocycles. The van der Waals surface area contributed by atoms with Gasteiger partial charge in [0.2, 0.25) is 5.96 Å². The van der Waals surface area contributed by atoms with Crippen LogP contribution < -0.4 is 11.6 Å². The summed E-state index contributed by atoms with van der Waals surface area (Å²) < 4.78 is 0. The molecule has 0 aromatic rings. The Hall–Kier alpha value is -0.810. The Labute approximate surface area is 79.1 Å². The molecule has 0 atom stereocenters. The number of rotatable bonds is 3. The molecule has 5 N–H and O–H groups in total. The van der Waals surface area contributed by atoms with Crippen LogP contribution in [0.3, 0.4) is 0 Å². The van der Waals surface area contributed by atoms with Crippen molar-refractivity contribution in [3.63, 3.8) is 0 Å². The molecule has 0 unspecified atom stereocenters. The van der Waals surface area contributed by atoms with E-state index in [1.165, 1.54) is 24.3 Å². The standard InChI is InChI=1S/C8H19N5/c9-8(10)13(11)7-6-12-4-2-1-3-5-12/h1-7,11H2,(H3,9,10). The Balaban J connectivity index is 2.13. The van der Waals surface area contributed by atoms with Gasteiger partial charge in [0.05, 0.1) is 0 Å². The summed E-state index contributed by atoms with van der Waals surface area (Å²) in [4.78, 5) is 2.37. The second kappa shape index (κ2) is 5.04. The maximum absolute atomic E-state index is 7.08. The van der Waals surface area contributed by atoms with Crippen molar-refractivity contribution < 1.29 is 0 Å². The quantitative estimate of drug-likeness (QED) is 0.240. The molecule has 0 bridgehead atoms. The summed E-state index contributed by atoms with van der Waals surface area (Å²) in [6, 6.07) is 0. The van der Waals surface area contributed by atoms with E-state index in [0.717, 1.165) is 19.6 Å². The number of guanidine groups is 1. The molecule has 0 aliphatic carbocycles. The molecule has 1 rings (SSSR count). The van der Waals surface area contributed by atoms with E-state index in [0.29, 0.717) is 6.54 Å². The van der Waals surface area contributed by atoms with Gasteiger partial charge in [0.15, 0.2) is 0 Å². The number of hydrogen-bond donors (Lipinski definition) is 3. The zero-order valence-electron chi connectivity index (χ0n) is 8.00. The first-order chi connectivity index (χ1) is 6.20. The van der Waals surface area contributed by atoms with E-state index in [9.17, 15) is 0 Å². The Morgan fingerprint density at radius 3 is 2.46 bits per heavy atom. The predicted octanol–water partition coefficient (Wildman–Crippen LogP) is -0.459. The third kappa shape index (κ3) is 3.61. The zero-order chi connectivity index (χ0) is 9.68. The number of likely N-dealkylation sites (tertiary alicyclic amines) is 1. The van der Waals surface area contributed by atoms with Crippen molar-refractivity contribution in [1.82, 2.24) is 9.91 Å². The average Bonchev–Trinajstić information content (AvgIpc) is 2.15. The lowest BCUT2D eigenvalue weighted by Crippen LogP contribution is -2.46. The van der Waals surface area contributed by atoms with E-state index in [1.54, 1.807) is 0 Å². The van der Waals surface area contributed by atoms with Gasteiger partial charge in [-0.1, -0.05) is 6.42 Å². The molecule has 0 spiro atoms. The van der Waals surface area contributed by atoms with E-state index in [-0.39, 0.29) is 5.96 Å². The minimum absolute atomic E-state index is 0.0583. The lowest BCUT2D eigenvalue weighted by atomic mass is 10.1. The summed E-state index contributed by atoms with van der Waals surface area (Å²) in [7, 11) is 0. The molecule has 1 aliphatic heterocycles.